The maximum atomic E-state index is 10.6. The minimum atomic E-state index is -0.447. The van der Waals surface area contributed by atoms with Gasteiger partial charge in [0.25, 0.3) is 0 Å². The second-order valence-corrected chi connectivity index (χ2v) is 7.80. The summed E-state index contributed by atoms with van der Waals surface area (Å²) in [5, 5.41) is 20.9. The van der Waals surface area contributed by atoms with Crippen LogP contribution in [0.15, 0.2) is 0 Å². The highest BCUT2D eigenvalue weighted by Crippen LogP contribution is 2.39. The Morgan fingerprint density at radius 2 is 1.55 bits per heavy atom. The lowest BCUT2D eigenvalue weighted by Gasteiger charge is -2.47. The topological polar surface area (TPSA) is 58.9 Å². The van der Waals surface area contributed by atoms with Crippen LogP contribution in [-0.4, -0.2) is 40.9 Å². The zero-order valence-electron chi connectivity index (χ0n) is 14.9. The highest BCUT2D eigenvalue weighted by atomic mass is 16.7. The first kappa shape index (κ1) is 18.2. The third-order valence-electron chi connectivity index (χ3n) is 6.26. The van der Waals surface area contributed by atoms with E-state index in [-0.39, 0.29) is 36.3 Å². The summed E-state index contributed by atoms with van der Waals surface area (Å²) in [6.07, 6.45) is 0.255. The van der Waals surface area contributed by atoms with Gasteiger partial charge in [0.2, 0.25) is 0 Å². The first-order valence-corrected chi connectivity index (χ1v) is 8.94. The fraction of sp³-hybridized carbons (Fsp3) is 1.00. The molecule has 2 aliphatic rings. The fourth-order valence-corrected chi connectivity index (χ4v) is 4.04. The largest absolute Gasteiger partial charge is 0.390 e. The summed E-state index contributed by atoms with van der Waals surface area (Å²) in [4.78, 5) is 0. The Hall–Kier alpha value is -0.160. The number of hydrogen-bond acceptors (Lipinski definition) is 4. The van der Waals surface area contributed by atoms with Crippen LogP contribution in [0, 0.1) is 29.6 Å². The first-order valence-electron chi connectivity index (χ1n) is 8.94. The number of hydrogen-bond donors (Lipinski definition) is 2. The van der Waals surface area contributed by atoms with Gasteiger partial charge < -0.3 is 19.7 Å². The molecule has 4 nitrogen and oxygen atoms in total. The molecule has 1 saturated carbocycles. The van der Waals surface area contributed by atoms with E-state index in [1.807, 2.05) is 6.92 Å². The van der Waals surface area contributed by atoms with E-state index in [2.05, 4.69) is 34.6 Å². The van der Waals surface area contributed by atoms with Gasteiger partial charge in [-0.25, -0.2) is 0 Å². The maximum absolute atomic E-state index is 10.6. The number of rotatable bonds is 3. The van der Waals surface area contributed by atoms with Gasteiger partial charge in [0, 0.05) is 5.92 Å². The molecule has 1 heterocycles. The van der Waals surface area contributed by atoms with Gasteiger partial charge in [-0.15, -0.1) is 0 Å². The second kappa shape index (κ2) is 7.16. The van der Waals surface area contributed by atoms with Crippen LogP contribution in [0.4, 0.5) is 0 Å². The van der Waals surface area contributed by atoms with Crippen molar-refractivity contribution in [1.82, 2.24) is 0 Å². The zero-order valence-corrected chi connectivity index (χ0v) is 14.9. The van der Waals surface area contributed by atoms with Crippen LogP contribution in [0.1, 0.15) is 54.4 Å². The Kier molecular flexibility index (Phi) is 5.92. The van der Waals surface area contributed by atoms with Gasteiger partial charge in [0.15, 0.2) is 6.29 Å². The molecule has 2 fully saturated rings. The Morgan fingerprint density at radius 3 is 2.14 bits per heavy atom. The van der Waals surface area contributed by atoms with Gasteiger partial charge in [0.05, 0.1) is 24.4 Å². The molecule has 1 saturated heterocycles. The first-order chi connectivity index (χ1) is 10.3. The van der Waals surface area contributed by atoms with Crippen LogP contribution in [0.2, 0.25) is 0 Å². The summed E-state index contributed by atoms with van der Waals surface area (Å²) in [6.45, 7) is 12.6. The van der Waals surface area contributed by atoms with Gasteiger partial charge in [-0.05, 0) is 36.5 Å². The highest BCUT2D eigenvalue weighted by molar-refractivity contribution is 4.90. The monoisotopic (exact) mass is 314 g/mol. The lowest BCUT2D eigenvalue weighted by Crippen LogP contribution is -2.54. The van der Waals surface area contributed by atoms with E-state index in [4.69, 9.17) is 9.47 Å². The van der Waals surface area contributed by atoms with Gasteiger partial charge in [-0.2, -0.15) is 0 Å². The van der Waals surface area contributed by atoms with Crippen molar-refractivity contribution in [3.8, 4) is 0 Å². The maximum Gasteiger partial charge on any atom is 0.161 e. The van der Waals surface area contributed by atoms with Crippen LogP contribution >= 0.6 is 0 Å². The van der Waals surface area contributed by atoms with Crippen molar-refractivity contribution >= 4 is 0 Å². The Morgan fingerprint density at radius 1 is 0.909 bits per heavy atom. The lowest BCUT2D eigenvalue weighted by atomic mass is 9.72. The molecule has 0 bridgehead atoms. The number of ether oxygens (including phenoxy) is 2. The van der Waals surface area contributed by atoms with Crippen molar-refractivity contribution in [3.05, 3.63) is 0 Å². The standard InChI is InChI=1S/C18H34O4/c1-7-14-15(19)12(5)13(6)18(21-14)22-17-10(3)8-9(2)11(4)16(17)20/h9-20H,7-8H2,1-6H3. The van der Waals surface area contributed by atoms with E-state index in [1.54, 1.807) is 0 Å². The SMILES string of the molecule is CCC1OC(OC2C(C)CC(C)C(C)C2O)C(C)C(C)C1O. The minimum absolute atomic E-state index is 0.117. The van der Waals surface area contributed by atoms with Gasteiger partial charge in [-0.1, -0.05) is 41.5 Å². The van der Waals surface area contributed by atoms with E-state index < -0.39 is 12.2 Å². The number of aliphatic hydroxyl groups excluding tert-OH is 2. The van der Waals surface area contributed by atoms with Crippen molar-refractivity contribution in [1.29, 1.82) is 0 Å². The molecule has 0 aromatic carbocycles. The van der Waals surface area contributed by atoms with E-state index >= 15 is 0 Å². The normalized spacial score (nSPS) is 53.5. The van der Waals surface area contributed by atoms with Crippen LogP contribution < -0.4 is 0 Å². The Bertz CT molecular complexity index is 359. The molecule has 2 N–H and O–H groups in total. The quantitative estimate of drug-likeness (QED) is 0.841. The van der Waals surface area contributed by atoms with E-state index in [0.717, 1.165) is 12.8 Å². The van der Waals surface area contributed by atoms with Gasteiger partial charge >= 0.3 is 0 Å². The van der Waals surface area contributed by atoms with Crippen molar-refractivity contribution in [2.45, 2.75) is 85.1 Å². The molecule has 22 heavy (non-hydrogen) atoms. The third-order valence-corrected chi connectivity index (χ3v) is 6.26. The molecule has 2 rings (SSSR count). The smallest absolute Gasteiger partial charge is 0.161 e. The lowest BCUT2D eigenvalue weighted by molar-refractivity contribution is -0.297. The molecule has 10 unspecified atom stereocenters. The van der Waals surface area contributed by atoms with Crippen LogP contribution in [0.3, 0.4) is 0 Å². The average molecular weight is 314 g/mol. The summed E-state index contributed by atoms with van der Waals surface area (Å²) in [6, 6.07) is 0. The van der Waals surface area contributed by atoms with Crippen LogP contribution in [0.25, 0.3) is 0 Å². The van der Waals surface area contributed by atoms with Gasteiger partial charge in [-0.3, -0.25) is 0 Å². The van der Waals surface area contributed by atoms with Gasteiger partial charge in [0.1, 0.15) is 0 Å². The third kappa shape index (κ3) is 3.35. The minimum Gasteiger partial charge on any atom is -0.390 e. The predicted molar refractivity (Wildman–Crippen MR) is 86.3 cm³/mol. The average Bonchev–Trinajstić information content (AvgIpc) is 2.49. The van der Waals surface area contributed by atoms with Crippen molar-refractivity contribution in [2.75, 3.05) is 0 Å². The van der Waals surface area contributed by atoms with Crippen LogP contribution in [0.5, 0.6) is 0 Å². The zero-order chi connectivity index (χ0) is 16.6. The highest BCUT2D eigenvalue weighted by Gasteiger charge is 2.45. The molecule has 0 aromatic rings. The summed E-state index contributed by atoms with van der Waals surface area (Å²) >= 11 is 0. The molecule has 0 spiro atoms. The molecular weight excluding hydrogens is 280 g/mol. The summed E-state index contributed by atoms with van der Waals surface area (Å²) in [5.74, 6) is 1.32. The molecule has 1 aliphatic heterocycles. The van der Waals surface area contributed by atoms with Crippen molar-refractivity contribution < 1.29 is 19.7 Å². The summed E-state index contributed by atoms with van der Waals surface area (Å²) in [5.41, 5.74) is 0. The molecule has 130 valence electrons. The van der Waals surface area contributed by atoms with E-state index in [9.17, 15) is 10.2 Å². The molecule has 0 radical (unpaired) electrons. The Balaban J connectivity index is 2.08. The van der Waals surface area contributed by atoms with Crippen molar-refractivity contribution in [2.24, 2.45) is 29.6 Å². The molecule has 10 atom stereocenters. The van der Waals surface area contributed by atoms with E-state index in [0.29, 0.717) is 11.8 Å². The second-order valence-electron chi connectivity index (χ2n) is 7.80. The summed E-state index contributed by atoms with van der Waals surface area (Å²) < 4.78 is 12.3. The fourth-order valence-electron chi connectivity index (χ4n) is 4.04. The molecule has 0 aromatic heterocycles. The van der Waals surface area contributed by atoms with Crippen molar-refractivity contribution in [3.63, 3.8) is 0 Å². The summed E-state index contributed by atoms with van der Waals surface area (Å²) in [7, 11) is 0. The molecule has 4 heteroatoms. The molecular formula is C18H34O4. The Labute approximate surface area is 135 Å². The van der Waals surface area contributed by atoms with Crippen LogP contribution in [-0.2, 0) is 9.47 Å². The molecule has 0 amide bonds. The predicted octanol–water partition coefficient (Wildman–Crippen LogP) is 2.81. The number of aliphatic hydroxyl groups is 2. The molecule has 1 aliphatic carbocycles. The van der Waals surface area contributed by atoms with E-state index in [1.165, 1.54) is 0 Å².